The summed E-state index contributed by atoms with van der Waals surface area (Å²) in [4.78, 5) is 10.6. The fourth-order valence-electron chi connectivity index (χ4n) is 4.80. The first kappa shape index (κ1) is 23.8. The molecule has 0 radical (unpaired) electrons. The van der Waals surface area contributed by atoms with E-state index in [2.05, 4.69) is 0 Å². The molecule has 31 heavy (non-hydrogen) atoms. The van der Waals surface area contributed by atoms with Gasteiger partial charge in [0.1, 0.15) is 0 Å². The normalized spacial score (nSPS) is 24.2. The molecule has 0 aromatic heterocycles. The lowest BCUT2D eigenvalue weighted by Gasteiger charge is -2.24. The van der Waals surface area contributed by atoms with Gasteiger partial charge in [0.15, 0.2) is 0 Å². The summed E-state index contributed by atoms with van der Waals surface area (Å²) in [5.74, 6) is -0.532. The fourth-order valence-corrected chi connectivity index (χ4v) is 5.26. The number of rotatable bonds is 11. The largest absolute Gasteiger partial charge is 0.481 e. The highest BCUT2D eigenvalue weighted by Gasteiger charge is 2.41. The number of hydrogen-bond acceptors (Lipinski definition) is 3. The van der Waals surface area contributed by atoms with Crippen molar-refractivity contribution in [3.8, 4) is 0 Å². The molecule has 0 saturated heterocycles. The lowest BCUT2D eigenvalue weighted by molar-refractivity contribution is -0.137. The van der Waals surface area contributed by atoms with Crippen molar-refractivity contribution < 1.29 is 20.1 Å². The van der Waals surface area contributed by atoms with Gasteiger partial charge in [-0.15, -0.1) is 11.6 Å². The van der Waals surface area contributed by atoms with Crippen LogP contribution in [0.1, 0.15) is 73.7 Å². The van der Waals surface area contributed by atoms with Crippen molar-refractivity contribution in [2.75, 3.05) is 0 Å². The molecule has 1 fully saturated rings. The van der Waals surface area contributed by atoms with Crippen molar-refractivity contribution in [3.63, 3.8) is 0 Å². The SMILES string of the molecule is O=C(O)CCCCCC[C@@H]1[C@@H](c2ccc(C(O)Cc3ccccc3)cc2)[C@H](O)C[C@H]1Cl. The quantitative estimate of drug-likeness (QED) is 0.317. The molecule has 1 aliphatic carbocycles. The summed E-state index contributed by atoms with van der Waals surface area (Å²) >= 11 is 6.59. The van der Waals surface area contributed by atoms with Crippen molar-refractivity contribution in [2.45, 2.75) is 74.9 Å². The maximum absolute atomic E-state index is 10.7. The molecule has 3 N–H and O–H groups in total. The number of unbranched alkanes of at least 4 members (excludes halogenated alkanes) is 3. The van der Waals surface area contributed by atoms with Gasteiger partial charge >= 0.3 is 5.97 Å². The minimum atomic E-state index is -0.739. The number of benzene rings is 2. The van der Waals surface area contributed by atoms with Gasteiger partial charge < -0.3 is 15.3 Å². The van der Waals surface area contributed by atoms with Gasteiger partial charge in [-0.3, -0.25) is 4.79 Å². The van der Waals surface area contributed by atoms with Gasteiger partial charge in [0.05, 0.1) is 12.2 Å². The molecule has 0 heterocycles. The number of aliphatic hydroxyl groups excluding tert-OH is 2. The third kappa shape index (κ3) is 6.80. The number of alkyl halides is 1. The maximum Gasteiger partial charge on any atom is 0.303 e. The number of carboxylic acids is 1. The second-order valence-electron chi connectivity index (χ2n) is 8.73. The summed E-state index contributed by atoms with van der Waals surface area (Å²) in [7, 11) is 0. The molecule has 3 rings (SSSR count). The molecule has 4 nitrogen and oxygen atoms in total. The Morgan fingerprint density at radius 2 is 1.68 bits per heavy atom. The van der Waals surface area contributed by atoms with Gasteiger partial charge in [-0.25, -0.2) is 0 Å². The smallest absolute Gasteiger partial charge is 0.303 e. The van der Waals surface area contributed by atoms with Crippen molar-refractivity contribution >= 4 is 17.6 Å². The summed E-state index contributed by atoms with van der Waals surface area (Å²) in [5, 5.41) is 29.9. The third-order valence-corrected chi connectivity index (χ3v) is 6.96. The van der Waals surface area contributed by atoms with Crippen LogP contribution >= 0.6 is 11.6 Å². The first-order valence-corrected chi connectivity index (χ1v) is 11.7. The molecular formula is C26H33ClO4. The van der Waals surface area contributed by atoms with Crippen molar-refractivity contribution in [1.82, 2.24) is 0 Å². The number of halogens is 1. The highest BCUT2D eigenvalue weighted by Crippen LogP contribution is 2.45. The predicted molar refractivity (Wildman–Crippen MR) is 123 cm³/mol. The Morgan fingerprint density at radius 3 is 2.35 bits per heavy atom. The maximum atomic E-state index is 10.7. The van der Waals surface area contributed by atoms with Crippen LogP contribution in [0.5, 0.6) is 0 Å². The van der Waals surface area contributed by atoms with E-state index in [-0.39, 0.29) is 23.6 Å². The topological polar surface area (TPSA) is 77.8 Å². The lowest BCUT2D eigenvalue weighted by atomic mass is 9.83. The molecule has 1 aliphatic rings. The van der Waals surface area contributed by atoms with Crippen LogP contribution in [-0.4, -0.2) is 32.8 Å². The molecule has 0 bridgehead atoms. The van der Waals surface area contributed by atoms with Crippen LogP contribution in [0.3, 0.4) is 0 Å². The van der Waals surface area contributed by atoms with Crippen LogP contribution in [0.25, 0.3) is 0 Å². The molecule has 0 aliphatic heterocycles. The van der Waals surface area contributed by atoms with Gasteiger partial charge in [-0.05, 0) is 41.9 Å². The van der Waals surface area contributed by atoms with Crippen molar-refractivity contribution in [1.29, 1.82) is 0 Å². The van der Waals surface area contributed by atoms with Crippen LogP contribution in [0, 0.1) is 5.92 Å². The van der Waals surface area contributed by atoms with Crippen LogP contribution in [0.15, 0.2) is 54.6 Å². The van der Waals surface area contributed by atoms with E-state index < -0.39 is 18.2 Å². The van der Waals surface area contributed by atoms with E-state index in [0.29, 0.717) is 19.3 Å². The molecule has 2 aromatic rings. The van der Waals surface area contributed by atoms with Gasteiger partial charge in [-0.1, -0.05) is 73.9 Å². The summed E-state index contributed by atoms with van der Waals surface area (Å²) in [6.45, 7) is 0. The van der Waals surface area contributed by atoms with Gasteiger partial charge in [0, 0.05) is 24.1 Å². The Morgan fingerprint density at radius 1 is 1.00 bits per heavy atom. The minimum Gasteiger partial charge on any atom is -0.481 e. The molecule has 1 saturated carbocycles. The van der Waals surface area contributed by atoms with E-state index in [9.17, 15) is 15.0 Å². The average molecular weight is 445 g/mol. The zero-order valence-electron chi connectivity index (χ0n) is 17.9. The average Bonchev–Trinajstić information content (AvgIpc) is 3.04. The first-order valence-electron chi connectivity index (χ1n) is 11.3. The molecular weight excluding hydrogens is 412 g/mol. The monoisotopic (exact) mass is 444 g/mol. The highest BCUT2D eigenvalue weighted by molar-refractivity contribution is 6.21. The second kappa shape index (κ2) is 11.7. The minimum absolute atomic E-state index is 0.00170. The third-order valence-electron chi connectivity index (χ3n) is 6.46. The Kier molecular flexibility index (Phi) is 8.94. The summed E-state index contributed by atoms with van der Waals surface area (Å²) in [5.41, 5.74) is 3.04. The molecule has 168 valence electrons. The summed E-state index contributed by atoms with van der Waals surface area (Å²) < 4.78 is 0. The van der Waals surface area contributed by atoms with E-state index >= 15 is 0 Å². The standard InChI is InChI=1S/C26H33ClO4/c27-22-17-24(29)26(21(22)10-6-1-2-7-11-25(30)31)20-14-12-19(13-15-20)23(28)16-18-8-4-3-5-9-18/h3-5,8-9,12-15,21-24,26,28-29H,1-2,6-7,10-11,16-17H2,(H,30,31)/t21-,22+,23?,24+,26+/m0/s1. The van der Waals surface area contributed by atoms with E-state index in [1.807, 2.05) is 54.6 Å². The fraction of sp³-hybridized carbons (Fsp3) is 0.500. The summed E-state index contributed by atoms with van der Waals surface area (Å²) in [6.07, 6.45) is 4.90. The van der Waals surface area contributed by atoms with E-state index in [4.69, 9.17) is 16.7 Å². The van der Waals surface area contributed by atoms with Crippen LogP contribution in [0.2, 0.25) is 0 Å². The molecule has 0 amide bonds. The number of carbonyl (C=O) groups is 1. The number of aliphatic carboxylic acids is 1. The zero-order valence-corrected chi connectivity index (χ0v) is 18.6. The van der Waals surface area contributed by atoms with Crippen LogP contribution in [-0.2, 0) is 11.2 Å². The van der Waals surface area contributed by atoms with Crippen LogP contribution in [0.4, 0.5) is 0 Å². The van der Waals surface area contributed by atoms with Gasteiger partial charge in [-0.2, -0.15) is 0 Å². The summed E-state index contributed by atoms with van der Waals surface area (Å²) in [6, 6.07) is 17.9. The Balaban J connectivity index is 1.58. The lowest BCUT2D eigenvalue weighted by Crippen LogP contribution is -2.19. The van der Waals surface area contributed by atoms with Gasteiger partial charge in [0.25, 0.3) is 0 Å². The number of carboxylic acid groups (broad SMARTS) is 1. The second-order valence-corrected chi connectivity index (χ2v) is 9.29. The molecule has 5 atom stereocenters. The van der Waals surface area contributed by atoms with Crippen molar-refractivity contribution in [3.05, 3.63) is 71.3 Å². The molecule has 2 aromatic carbocycles. The Bertz CT molecular complexity index is 808. The number of aliphatic hydroxyl groups is 2. The Labute approximate surface area is 189 Å². The Hall–Kier alpha value is -1.88. The molecule has 0 spiro atoms. The van der Waals surface area contributed by atoms with E-state index in [1.54, 1.807) is 0 Å². The van der Waals surface area contributed by atoms with Gasteiger partial charge in [0.2, 0.25) is 0 Å². The molecule has 5 heteroatoms. The van der Waals surface area contributed by atoms with E-state index in [1.165, 1.54) is 0 Å². The molecule has 1 unspecified atom stereocenters. The number of hydrogen-bond donors (Lipinski definition) is 3. The first-order chi connectivity index (χ1) is 15.0. The highest BCUT2D eigenvalue weighted by atomic mass is 35.5. The van der Waals surface area contributed by atoms with E-state index in [0.717, 1.165) is 42.4 Å². The predicted octanol–water partition coefficient (Wildman–Crippen LogP) is 5.46. The van der Waals surface area contributed by atoms with Crippen LogP contribution < -0.4 is 0 Å². The van der Waals surface area contributed by atoms with Crippen molar-refractivity contribution in [2.24, 2.45) is 5.92 Å². The zero-order chi connectivity index (χ0) is 22.2.